The topological polar surface area (TPSA) is 63.2 Å². The van der Waals surface area contributed by atoms with Crippen molar-refractivity contribution in [2.75, 3.05) is 20.2 Å². The van der Waals surface area contributed by atoms with Gasteiger partial charge < -0.3 is 15.4 Å². The summed E-state index contributed by atoms with van der Waals surface area (Å²) in [6.45, 7) is 1.50. The Bertz CT molecular complexity index is 629. The van der Waals surface area contributed by atoms with E-state index < -0.39 is 0 Å². The summed E-state index contributed by atoms with van der Waals surface area (Å²) in [5.74, 6) is -0.0773. The summed E-state index contributed by atoms with van der Waals surface area (Å²) < 4.78 is 5.34. The molecule has 1 aromatic carbocycles. The first-order valence-electron chi connectivity index (χ1n) is 6.67. The van der Waals surface area contributed by atoms with Crippen LogP contribution >= 0.6 is 0 Å². The van der Waals surface area contributed by atoms with Crippen LogP contribution in [0.25, 0.3) is 10.9 Å². The normalized spacial score (nSPS) is 22.1. The molecule has 5 heteroatoms. The fraction of sp³-hybridized carbons (Fsp3) is 0.333. The van der Waals surface area contributed by atoms with Crippen LogP contribution in [0.3, 0.4) is 0 Å². The third-order valence-electron chi connectivity index (χ3n) is 3.64. The fourth-order valence-electron chi connectivity index (χ4n) is 2.51. The molecule has 2 heterocycles. The standard InChI is InChI=1S/C15H17N3O2/c1-20-14-9-16-8-13(14)18-15(19)11-4-5-12-10(7-11)3-2-6-17-12/h2-7,13-14,16H,8-9H2,1H3,(H,18,19)/t13-,14-/m0/s1. The van der Waals surface area contributed by atoms with Gasteiger partial charge >= 0.3 is 0 Å². The van der Waals surface area contributed by atoms with Crippen molar-refractivity contribution in [2.45, 2.75) is 12.1 Å². The maximum atomic E-state index is 12.3. The first-order chi connectivity index (χ1) is 9.78. The highest BCUT2D eigenvalue weighted by Crippen LogP contribution is 2.14. The Morgan fingerprint density at radius 2 is 2.30 bits per heavy atom. The highest BCUT2D eigenvalue weighted by Gasteiger charge is 2.28. The van der Waals surface area contributed by atoms with Crippen LogP contribution in [0.15, 0.2) is 36.5 Å². The number of pyridine rings is 1. The van der Waals surface area contributed by atoms with E-state index in [-0.39, 0.29) is 18.1 Å². The van der Waals surface area contributed by atoms with Gasteiger partial charge in [0, 0.05) is 37.3 Å². The van der Waals surface area contributed by atoms with Gasteiger partial charge in [-0.15, -0.1) is 0 Å². The minimum atomic E-state index is -0.0773. The molecule has 0 radical (unpaired) electrons. The van der Waals surface area contributed by atoms with Crippen LogP contribution in [0.1, 0.15) is 10.4 Å². The fourth-order valence-corrected chi connectivity index (χ4v) is 2.51. The molecule has 5 nitrogen and oxygen atoms in total. The zero-order valence-corrected chi connectivity index (χ0v) is 11.3. The van der Waals surface area contributed by atoms with Gasteiger partial charge in [-0.2, -0.15) is 0 Å². The van der Waals surface area contributed by atoms with E-state index in [2.05, 4.69) is 15.6 Å². The van der Waals surface area contributed by atoms with E-state index in [0.717, 1.165) is 24.0 Å². The smallest absolute Gasteiger partial charge is 0.251 e. The van der Waals surface area contributed by atoms with Gasteiger partial charge in [0.25, 0.3) is 5.91 Å². The van der Waals surface area contributed by atoms with E-state index in [1.807, 2.05) is 24.3 Å². The highest BCUT2D eigenvalue weighted by atomic mass is 16.5. The van der Waals surface area contributed by atoms with Crippen molar-refractivity contribution in [1.82, 2.24) is 15.6 Å². The quantitative estimate of drug-likeness (QED) is 0.872. The van der Waals surface area contributed by atoms with Crippen LogP contribution in [0.4, 0.5) is 0 Å². The maximum absolute atomic E-state index is 12.3. The molecular weight excluding hydrogens is 254 g/mol. The number of aromatic nitrogens is 1. The largest absolute Gasteiger partial charge is 0.378 e. The number of carbonyl (C=O) groups excluding carboxylic acids is 1. The molecule has 1 aromatic heterocycles. The minimum Gasteiger partial charge on any atom is -0.378 e. The van der Waals surface area contributed by atoms with E-state index in [9.17, 15) is 4.79 Å². The number of hydrogen-bond acceptors (Lipinski definition) is 4. The zero-order chi connectivity index (χ0) is 13.9. The second-order valence-corrected chi connectivity index (χ2v) is 4.92. The Balaban J connectivity index is 1.78. The van der Waals surface area contributed by atoms with Gasteiger partial charge in [0.1, 0.15) is 0 Å². The van der Waals surface area contributed by atoms with Crippen molar-refractivity contribution in [2.24, 2.45) is 0 Å². The number of amides is 1. The van der Waals surface area contributed by atoms with Gasteiger partial charge in [-0.1, -0.05) is 6.07 Å². The van der Waals surface area contributed by atoms with Crippen LogP contribution in [0.5, 0.6) is 0 Å². The van der Waals surface area contributed by atoms with E-state index >= 15 is 0 Å². The molecule has 1 saturated heterocycles. The summed E-state index contributed by atoms with van der Waals surface area (Å²) in [5, 5.41) is 7.19. The molecule has 1 amide bonds. The van der Waals surface area contributed by atoms with Crippen LogP contribution < -0.4 is 10.6 Å². The van der Waals surface area contributed by atoms with Crippen LogP contribution in [-0.2, 0) is 4.74 Å². The molecule has 0 bridgehead atoms. The lowest BCUT2D eigenvalue weighted by Gasteiger charge is -2.18. The number of ether oxygens (including phenoxy) is 1. The lowest BCUT2D eigenvalue weighted by atomic mass is 10.1. The summed E-state index contributed by atoms with van der Waals surface area (Å²) >= 11 is 0. The Kier molecular flexibility index (Phi) is 3.62. The SMILES string of the molecule is CO[C@H]1CNC[C@@H]1NC(=O)c1ccc2ncccc2c1. The number of carbonyl (C=O) groups is 1. The third-order valence-corrected chi connectivity index (χ3v) is 3.64. The molecule has 104 valence electrons. The predicted octanol–water partition coefficient (Wildman–Crippen LogP) is 0.951. The molecule has 20 heavy (non-hydrogen) atoms. The van der Waals surface area contributed by atoms with Crippen molar-refractivity contribution >= 4 is 16.8 Å². The number of nitrogens with one attached hydrogen (secondary N) is 2. The average Bonchev–Trinajstić information content (AvgIpc) is 2.94. The van der Waals surface area contributed by atoms with Gasteiger partial charge in [-0.05, 0) is 24.3 Å². The zero-order valence-electron chi connectivity index (χ0n) is 11.3. The van der Waals surface area contributed by atoms with Gasteiger partial charge in [0.2, 0.25) is 0 Å². The monoisotopic (exact) mass is 271 g/mol. The molecule has 2 atom stereocenters. The van der Waals surface area contributed by atoms with Crippen molar-refractivity contribution in [3.05, 3.63) is 42.1 Å². The van der Waals surface area contributed by atoms with Crippen molar-refractivity contribution in [3.63, 3.8) is 0 Å². The van der Waals surface area contributed by atoms with E-state index in [1.54, 1.807) is 19.4 Å². The number of fused-ring (bicyclic) bond motifs is 1. The van der Waals surface area contributed by atoms with E-state index in [4.69, 9.17) is 4.74 Å². The lowest BCUT2D eigenvalue weighted by molar-refractivity contribution is 0.0780. The summed E-state index contributed by atoms with van der Waals surface area (Å²) in [7, 11) is 1.67. The van der Waals surface area contributed by atoms with Crippen molar-refractivity contribution < 1.29 is 9.53 Å². The Morgan fingerprint density at radius 3 is 3.15 bits per heavy atom. The first-order valence-corrected chi connectivity index (χ1v) is 6.67. The summed E-state index contributed by atoms with van der Waals surface area (Å²) in [4.78, 5) is 16.5. The molecule has 1 aliphatic rings. The number of nitrogens with zero attached hydrogens (tertiary/aromatic N) is 1. The van der Waals surface area contributed by atoms with Gasteiger partial charge in [-0.3, -0.25) is 9.78 Å². The van der Waals surface area contributed by atoms with E-state index in [0.29, 0.717) is 5.56 Å². The third kappa shape index (κ3) is 2.50. The first kappa shape index (κ1) is 13.0. The van der Waals surface area contributed by atoms with E-state index in [1.165, 1.54) is 0 Å². The Hall–Kier alpha value is -1.98. The van der Waals surface area contributed by atoms with Gasteiger partial charge in [0.05, 0.1) is 17.7 Å². The highest BCUT2D eigenvalue weighted by molar-refractivity contribution is 5.98. The number of methoxy groups -OCH3 is 1. The molecule has 2 aromatic rings. The van der Waals surface area contributed by atoms with Crippen LogP contribution in [0.2, 0.25) is 0 Å². The molecular formula is C15H17N3O2. The Morgan fingerprint density at radius 1 is 1.40 bits per heavy atom. The molecule has 0 saturated carbocycles. The summed E-state index contributed by atoms with van der Waals surface area (Å²) in [5.41, 5.74) is 1.54. The average molecular weight is 271 g/mol. The number of benzene rings is 1. The lowest BCUT2D eigenvalue weighted by Crippen LogP contribution is -2.43. The van der Waals surface area contributed by atoms with Crippen molar-refractivity contribution in [3.8, 4) is 0 Å². The second-order valence-electron chi connectivity index (χ2n) is 4.92. The van der Waals surface area contributed by atoms with Gasteiger partial charge in [0.15, 0.2) is 0 Å². The van der Waals surface area contributed by atoms with Crippen LogP contribution in [0, 0.1) is 0 Å². The molecule has 2 N–H and O–H groups in total. The Labute approximate surface area is 117 Å². The van der Waals surface area contributed by atoms with Crippen LogP contribution in [-0.4, -0.2) is 43.2 Å². The number of rotatable bonds is 3. The summed E-state index contributed by atoms with van der Waals surface area (Å²) in [6.07, 6.45) is 1.77. The molecule has 0 spiro atoms. The van der Waals surface area contributed by atoms with Gasteiger partial charge in [-0.25, -0.2) is 0 Å². The summed E-state index contributed by atoms with van der Waals surface area (Å²) in [6, 6.07) is 9.36. The second kappa shape index (κ2) is 5.56. The predicted molar refractivity (Wildman–Crippen MR) is 76.7 cm³/mol. The minimum absolute atomic E-state index is 0.0112. The molecule has 1 fully saturated rings. The molecule has 1 aliphatic heterocycles. The van der Waals surface area contributed by atoms with Crippen molar-refractivity contribution in [1.29, 1.82) is 0 Å². The molecule has 3 rings (SSSR count). The maximum Gasteiger partial charge on any atom is 0.251 e. The molecule has 0 unspecified atom stereocenters. The number of hydrogen-bond donors (Lipinski definition) is 2. The molecule has 0 aliphatic carbocycles.